The zero-order valence-electron chi connectivity index (χ0n) is 16.7. The van der Waals surface area contributed by atoms with Crippen LogP contribution >= 0.6 is 0 Å². The predicted octanol–water partition coefficient (Wildman–Crippen LogP) is 6.06. The van der Waals surface area contributed by atoms with Crippen LogP contribution in [0.4, 0.5) is 0 Å². The lowest BCUT2D eigenvalue weighted by Gasteiger charge is -2.34. The maximum absolute atomic E-state index is 12.1. The number of rotatable bonds is 12. The normalized spacial score (nSPS) is 13.4. The second-order valence-electron chi connectivity index (χ2n) is 7.30. The molecule has 2 atom stereocenters. The van der Waals surface area contributed by atoms with E-state index in [1.807, 2.05) is 36.4 Å². The zero-order valence-corrected chi connectivity index (χ0v) is 16.7. The monoisotopic (exact) mass is 367 g/mol. The van der Waals surface area contributed by atoms with Gasteiger partial charge in [0, 0.05) is 12.6 Å². The van der Waals surface area contributed by atoms with Crippen LogP contribution in [0, 0.1) is 0 Å². The average molecular weight is 368 g/mol. The lowest BCUT2D eigenvalue weighted by Crippen LogP contribution is -2.42. The minimum atomic E-state index is -0.718. The van der Waals surface area contributed by atoms with Crippen LogP contribution in [0.5, 0.6) is 0 Å². The van der Waals surface area contributed by atoms with Crippen molar-refractivity contribution in [3.05, 3.63) is 71.8 Å². The highest BCUT2D eigenvalue weighted by Crippen LogP contribution is 2.27. The van der Waals surface area contributed by atoms with Gasteiger partial charge in [0.25, 0.3) is 0 Å². The van der Waals surface area contributed by atoms with Crippen LogP contribution in [0.25, 0.3) is 0 Å². The van der Waals surface area contributed by atoms with Gasteiger partial charge >= 0.3 is 5.97 Å². The third-order valence-corrected chi connectivity index (χ3v) is 5.25. The number of hydrogen-bond donors (Lipinski definition) is 1. The molecule has 0 heterocycles. The molecule has 146 valence electrons. The van der Waals surface area contributed by atoms with Gasteiger partial charge in [0.2, 0.25) is 0 Å². The number of carboxylic acids is 1. The second kappa shape index (κ2) is 11.6. The Bertz CT molecular complexity index is 657. The van der Waals surface area contributed by atoms with E-state index >= 15 is 0 Å². The first-order valence-corrected chi connectivity index (χ1v) is 10.2. The van der Waals surface area contributed by atoms with Crippen molar-refractivity contribution >= 4 is 5.97 Å². The Morgan fingerprint density at radius 1 is 0.926 bits per heavy atom. The molecular weight excluding hydrogens is 334 g/mol. The lowest BCUT2D eigenvalue weighted by molar-refractivity contribution is -0.145. The van der Waals surface area contributed by atoms with E-state index < -0.39 is 12.0 Å². The fourth-order valence-corrected chi connectivity index (χ4v) is 3.61. The first-order valence-electron chi connectivity index (χ1n) is 10.2. The van der Waals surface area contributed by atoms with E-state index in [4.69, 9.17) is 0 Å². The fraction of sp³-hybridized carbons (Fsp3) is 0.458. The summed E-state index contributed by atoms with van der Waals surface area (Å²) in [5.74, 6) is -0.718. The number of unbranched alkanes of at least 4 members (excludes halogenated alkanes) is 4. The summed E-state index contributed by atoms with van der Waals surface area (Å²) in [5, 5.41) is 9.98. The first kappa shape index (κ1) is 21.2. The SMILES string of the molecule is CCCCCCC[C@H](C(=O)O)N(Cc1ccccc1)[C@H](C)c1ccccc1. The summed E-state index contributed by atoms with van der Waals surface area (Å²) in [6, 6.07) is 20.0. The number of nitrogens with zero attached hydrogens (tertiary/aromatic N) is 1. The molecule has 0 saturated carbocycles. The van der Waals surface area contributed by atoms with Crippen molar-refractivity contribution in [1.29, 1.82) is 0 Å². The van der Waals surface area contributed by atoms with Gasteiger partial charge in [-0.3, -0.25) is 9.69 Å². The topological polar surface area (TPSA) is 40.5 Å². The molecule has 1 N–H and O–H groups in total. The molecule has 0 amide bonds. The van der Waals surface area contributed by atoms with Crippen molar-refractivity contribution in [2.75, 3.05) is 0 Å². The Balaban J connectivity index is 2.18. The first-order chi connectivity index (χ1) is 13.1. The van der Waals surface area contributed by atoms with Gasteiger partial charge < -0.3 is 5.11 Å². The summed E-state index contributed by atoms with van der Waals surface area (Å²) in [6.45, 7) is 4.96. The zero-order chi connectivity index (χ0) is 19.5. The molecule has 0 spiro atoms. The molecule has 2 aromatic rings. The van der Waals surface area contributed by atoms with Crippen LogP contribution in [-0.4, -0.2) is 22.0 Å². The molecule has 2 aromatic carbocycles. The van der Waals surface area contributed by atoms with Crippen molar-refractivity contribution in [3.8, 4) is 0 Å². The van der Waals surface area contributed by atoms with Gasteiger partial charge in [-0.2, -0.15) is 0 Å². The van der Waals surface area contributed by atoms with Crippen LogP contribution in [0.15, 0.2) is 60.7 Å². The summed E-state index contributed by atoms with van der Waals surface area (Å²) >= 11 is 0. The summed E-state index contributed by atoms with van der Waals surface area (Å²) in [5.41, 5.74) is 2.31. The molecule has 2 rings (SSSR count). The van der Waals surface area contributed by atoms with Gasteiger partial charge in [0.1, 0.15) is 6.04 Å². The number of aliphatic carboxylic acids is 1. The highest BCUT2D eigenvalue weighted by Gasteiger charge is 2.29. The molecule has 0 unspecified atom stereocenters. The Labute approximate surface area is 164 Å². The minimum absolute atomic E-state index is 0.0446. The van der Waals surface area contributed by atoms with E-state index in [2.05, 4.69) is 43.0 Å². The van der Waals surface area contributed by atoms with E-state index in [1.165, 1.54) is 19.3 Å². The molecule has 27 heavy (non-hydrogen) atoms. The van der Waals surface area contributed by atoms with Crippen LogP contribution in [-0.2, 0) is 11.3 Å². The van der Waals surface area contributed by atoms with Crippen molar-refractivity contribution < 1.29 is 9.90 Å². The molecule has 0 aromatic heterocycles. The Morgan fingerprint density at radius 3 is 2.11 bits per heavy atom. The van der Waals surface area contributed by atoms with Gasteiger partial charge in [-0.25, -0.2) is 0 Å². The van der Waals surface area contributed by atoms with Crippen molar-refractivity contribution in [2.24, 2.45) is 0 Å². The van der Waals surface area contributed by atoms with Crippen molar-refractivity contribution in [1.82, 2.24) is 4.90 Å². The molecule has 0 aliphatic rings. The highest BCUT2D eigenvalue weighted by molar-refractivity contribution is 5.73. The molecule has 3 heteroatoms. The lowest BCUT2D eigenvalue weighted by atomic mass is 9.99. The van der Waals surface area contributed by atoms with Crippen molar-refractivity contribution in [3.63, 3.8) is 0 Å². The minimum Gasteiger partial charge on any atom is -0.480 e. The van der Waals surface area contributed by atoms with E-state index in [1.54, 1.807) is 0 Å². The summed E-state index contributed by atoms with van der Waals surface area (Å²) in [6.07, 6.45) is 6.39. The molecule has 0 fully saturated rings. The Hall–Kier alpha value is -2.13. The standard InChI is InChI=1S/C24H33NO2/c1-3-4-5-6-13-18-23(24(26)27)25(19-21-14-9-7-10-15-21)20(2)22-16-11-8-12-17-22/h7-12,14-17,20,23H,3-6,13,18-19H2,1-2H3,(H,26,27)/t20-,23-/m1/s1. The second-order valence-corrected chi connectivity index (χ2v) is 7.30. The van der Waals surface area contributed by atoms with E-state index in [0.29, 0.717) is 13.0 Å². The van der Waals surface area contributed by atoms with Crippen LogP contribution in [0.1, 0.15) is 69.5 Å². The maximum Gasteiger partial charge on any atom is 0.320 e. The third kappa shape index (κ3) is 6.84. The average Bonchev–Trinajstić information content (AvgIpc) is 2.70. The largest absolute Gasteiger partial charge is 0.480 e. The maximum atomic E-state index is 12.1. The number of carbonyl (C=O) groups is 1. The summed E-state index contributed by atoms with van der Waals surface area (Å²) in [7, 11) is 0. The molecule has 0 radical (unpaired) electrons. The van der Waals surface area contributed by atoms with Gasteiger partial charge in [-0.1, -0.05) is 99.7 Å². The third-order valence-electron chi connectivity index (χ3n) is 5.25. The van der Waals surface area contributed by atoms with Crippen LogP contribution in [0.2, 0.25) is 0 Å². The van der Waals surface area contributed by atoms with Gasteiger partial charge in [-0.05, 0) is 24.5 Å². The van der Waals surface area contributed by atoms with E-state index in [-0.39, 0.29) is 6.04 Å². The quantitative estimate of drug-likeness (QED) is 0.463. The van der Waals surface area contributed by atoms with Gasteiger partial charge in [0.05, 0.1) is 0 Å². The Morgan fingerprint density at radius 2 is 1.52 bits per heavy atom. The van der Waals surface area contributed by atoms with E-state index in [0.717, 1.165) is 24.0 Å². The van der Waals surface area contributed by atoms with Crippen LogP contribution in [0.3, 0.4) is 0 Å². The number of carboxylic acid groups (broad SMARTS) is 1. The van der Waals surface area contributed by atoms with Gasteiger partial charge in [0.15, 0.2) is 0 Å². The fourth-order valence-electron chi connectivity index (χ4n) is 3.61. The summed E-state index contributed by atoms with van der Waals surface area (Å²) in [4.78, 5) is 14.3. The van der Waals surface area contributed by atoms with E-state index in [9.17, 15) is 9.90 Å². The van der Waals surface area contributed by atoms with Crippen LogP contribution < -0.4 is 0 Å². The smallest absolute Gasteiger partial charge is 0.320 e. The molecule has 0 saturated heterocycles. The molecule has 0 bridgehead atoms. The van der Waals surface area contributed by atoms with Gasteiger partial charge in [-0.15, -0.1) is 0 Å². The highest BCUT2D eigenvalue weighted by atomic mass is 16.4. The molecule has 0 aliphatic heterocycles. The summed E-state index contributed by atoms with van der Waals surface area (Å²) < 4.78 is 0. The molecular formula is C24H33NO2. The number of hydrogen-bond acceptors (Lipinski definition) is 2. The van der Waals surface area contributed by atoms with Crippen molar-refractivity contribution in [2.45, 2.75) is 71.0 Å². The Kier molecular flexibility index (Phi) is 9.06. The number of benzene rings is 2. The predicted molar refractivity (Wildman–Crippen MR) is 112 cm³/mol. The molecule has 0 aliphatic carbocycles. The molecule has 3 nitrogen and oxygen atoms in total.